The molecule has 0 saturated heterocycles. The largest absolute Gasteiger partial charge is 0.317 e. The highest BCUT2D eigenvalue weighted by Crippen LogP contribution is 2.47. The molecule has 0 spiro atoms. The van der Waals surface area contributed by atoms with Crippen LogP contribution in [0, 0.1) is 0 Å². The summed E-state index contributed by atoms with van der Waals surface area (Å²) in [7, 11) is 0. The fourth-order valence-electron chi connectivity index (χ4n) is 5.01. The lowest BCUT2D eigenvalue weighted by molar-refractivity contribution is -0.116. The number of fused-ring (bicyclic) bond motifs is 2. The normalized spacial score (nSPS) is 16.6. The van der Waals surface area contributed by atoms with E-state index in [0.717, 1.165) is 64.2 Å². The number of thiophene rings is 1. The van der Waals surface area contributed by atoms with Crippen LogP contribution in [-0.2, 0) is 17.8 Å². The summed E-state index contributed by atoms with van der Waals surface area (Å²) in [6, 6.07) is 11.7. The van der Waals surface area contributed by atoms with E-state index in [0.29, 0.717) is 19.0 Å². The highest BCUT2D eigenvalue weighted by atomic mass is 32.1. The molecule has 1 saturated carbocycles. The predicted molar refractivity (Wildman–Crippen MR) is 154 cm³/mol. The van der Waals surface area contributed by atoms with Crippen molar-refractivity contribution in [1.82, 2.24) is 20.2 Å². The standard InChI is InChI=1S/C29H33N5OS2/c1-3-18(2)31-14-10-26(35)33-29-27(22-11-15-34(21-5-6-21)17-25(22)37-29)28-32-23-16-20(4-7-24(23)36-28)19-8-12-30-13-9-19/h4,7-9,12-13,16,18,21,31H,3,5-6,10-11,14-15,17H2,1-2H3,(H,33,35). The van der Waals surface area contributed by atoms with E-state index in [1.54, 1.807) is 22.7 Å². The van der Waals surface area contributed by atoms with Crippen molar-refractivity contribution in [1.29, 1.82) is 0 Å². The highest BCUT2D eigenvalue weighted by molar-refractivity contribution is 7.23. The van der Waals surface area contributed by atoms with E-state index < -0.39 is 0 Å². The first kappa shape index (κ1) is 24.7. The monoisotopic (exact) mass is 531 g/mol. The third-order valence-electron chi connectivity index (χ3n) is 7.47. The van der Waals surface area contributed by atoms with Gasteiger partial charge in [-0.2, -0.15) is 0 Å². The van der Waals surface area contributed by atoms with Gasteiger partial charge in [-0.25, -0.2) is 4.98 Å². The number of carbonyl (C=O) groups is 1. The molecule has 1 aliphatic carbocycles. The summed E-state index contributed by atoms with van der Waals surface area (Å²) in [4.78, 5) is 26.2. The van der Waals surface area contributed by atoms with Crippen molar-refractivity contribution in [2.24, 2.45) is 0 Å². The average Bonchev–Trinajstić information content (AvgIpc) is 3.59. The molecule has 1 unspecified atom stereocenters. The lowest BCUT2D eigenvalue weighted by Gasteiger charge is -2.26. The molecule has 1 aromatic carbocycles. The number of aromatic nitrogens is 2. The number of hydrogen-bond acceptors (Lipinski definition) is 7. The Balaban J connectivity index is 1.32. The van der Waals surface area contributed by atoms with Gasteiger partial charge in [0.15, 0.2) is 0 Å². The number of anilines is 1. The summed E-state index contributed by atoms with van der Waals surface area (Å²) < 4.78 is 1.17. The van der Waals surface area contributed by atoms with Crippen molar-refractivity contribution in [2.45, 2.75) is 64.6 Å². The van der Waals surface area contributed by atoms with Gasteiger partial charge in [-0.1, -0.05) is 13.0 Å². The molecule has 2 aliphatic rings. The minimum atomic E-state index is 0.0655. The number of carbonyl (C=O) groups excluding carboxylic acids is 1. The van der Waals surface area contributed by atoms with Crippen molar-refractivity contribution in [3.8, 4) is 21.7 Å². The topological polar surface area (TPSA) is 70.1 Å². The van der Waals surface area contributed by atoms with Crippen LogP contribution in [0.5, 0.6) is 0 Å². The van der Waals surface area contributed by atoms with Gasteiger partial charge in [-0.15, -0.1) is 22.7 Å². The minimum Gasteiger partial charge on any atom is -0.317 e. The molecule has 3 aromatic heterocycles. The quantitative estimate of drug-likeness (QED) is 0.264. The molecule has 192 valence electrons. The van der Waals surface area contributed by atoms with Crippen LogP contribution in [0.3, 0.4) is 0 Å². The molecule has 8 heteroatoms. The number of nitrogens with one attached hydrogen (secondary N) is 2. The Morgan fingerprint density at radius 1 is 1.16 bits per heavy atom. The van der Waals surface area contributed by atoms with Gasteiger partial charge in [0.2, 0.25) is 5.91 Å². The Kier molecular flexibility index (Phi) is 7.08. The van der Waals surface area contributed by atoms with Gasteiger partial charge < -0.3 is 10.6 Å². The van der Waals surface area contributed by atoms with E-state index in [2.05, 4.69) is 52.6 Å². The molecule has 0 bridgehead atoms. The summed E-state index contributed by atoms with van der Waals surface area (Å²) in [6.45, 7) is 7.08. The van der Waals surface area contributed by atoms with E-state index in [4.69, 9.17) is 4.98 Å². The molecule has 6 nitrogen and oxygen atoms in total. The number of thiazole rings is 1. The molecule has 2 N–H and O–H groups in total. The lowest BCUT2D eigenvalue weighted by Crippen LogP contribution is -2.31. The maximum atomic E-state index is 13.0. The fraction of sp³-hybridized carbons (Fsp3) is 0.414. The number of benzene rings is 1. The van der Waals surface area contributed by atoms with Crippen LogP contribution in [-0.4, -0.2) is 45.9 Å². The van der Waals surface area contributed by atoms with E-state index in [1.807, 2.05) is 24.5 Å². The first-order valence-corrected chi connectivity index (χ1v) is 15.0. The second kappa shape index (κ2) is 10.6. The van der Waals surface area contributed by atoms with Crippen molar-refractivity contribution >= 4 is 43.8 Å². The Bertz CT molecular complexity index is 1410. The Morgan fingerprint density at radius 2 is 2.00 bits per heavy atom. The Morgan fingerprint density at radius 3 is 2.78 bits per heavy atom. The number of hydrogen-bond donors (Lipinski definition) is 2. The maximum Gasteiger partial charge on any atom is 0.226 e. The number of pyridine rings is 1. The lowest BCUT2D eigenvalue weighted by atomic mass is 10.0. The minimum absolute atomic E-state index is 0.0655. The summed E-state index contributed by atoms with van der Waals surface area (Å²) in [5.41, 5.74) is 5.80. The van der Waals surface area contributed by atoms with Crippen molar-refractivity contribution in [2.75, 3.05) is 18.4 Å². The van der Waals surface area contributed by atoms with Crippen LogP contribution in [0.25, 0.3) is 31.9 Å². The van der Waals surface area contributed by atoms with Crippen LogP contribution in [0.4, 0.5) is 5.00 Å². The summed E-state index contributed by atoms with van der Waals surface area (Å²) in [5, 5.41) is 8.68. The molecule has 1 aliphatic heterocycles. The first-order chi connectivity index (χ1) is 18.1. The van der Waals surface area contributed by atoms with Gasteiger partial charge >= 0.3 is 0 Å². The van der Waals surface area contributed by atoms with Crippen molar-refractivity contribution in [3.05, 3.63) is 53.2 Å². The van der Waals surface area contributed by atoms with Gasteiger partial charge in [0.05, 0.1) is 10.2 Å². The molecule has 1 amide bonds. The molecule has 37 heavy (non-hydrogen) atoms. The van der Waals surface area contributed by atoms with Crippen LogP contribution < -0.4 is 10.6 Å². The third kappa shape index (κ3) is 5.34. The Hall–Kier alpha value is -2.65. The van der Waals surface area contributed by atoms with Gasteiger partial charge in [-0.3, -0.25) is 14.7 Å². The zero-order valence-electron chi connectivity index (χ0n) is 21.4. The molecule has 4 aromatic rings. The highest BCUT2D eigenvalue weighted by Gasteiger charge is 2.34. The van der Waals surface area contributed by atoms with Crippen LogP contribution >= 0.6 is 22.7 Å². The zero-order valence-corrected chi connectivity index (χ0v) is 23.1. The fourth-order valence-corrected chi connectivity index (χ4v) is 7.39. The molecule has 1 fully saturated rings. The average molecular weight is 532 g/mol. The first-order valence-electron chi connectivity index (χ1n) is 13.3. The van der Waals surface area contributed by atoms with Crippen LogP contribution in [0.15, 0.2) is 42.7 Å². The molecule has 1 atom stereocenters. The van der Waals surface area contributed by atoms with Crippen molar-refractivity contribution < 1.29 is 4.79 Å². The van der Waals surface area contributed by atoms with Gasteiger partial charge in [0.25, 0.3) is 0 Å². The van der Waals surface area contributed by atoms with E-state index in [-0.39, 0.29) is 5.91 Å². The number of amides is 1. The second-order valence-corrected chi connectivity index (χ2v) is 12.3. The Labute approximate surface area is 226 Å². The van der Waals surface area contributed by atoms with Crippen molar-refractivity contribution in [3.63, 3.8) is 0 Å². The maximum absolute atomic E-state index is 13.0. The molecular weight excluding hydrogens is 498 g/mol. The van der Waals surface area contributed by atoms with Gasteiger partial charge in [0.1, 0.15) is 10.0 Å². The third-order valence-corrected chi connectivity index (χ3v) is 9.66. The van der Waals surface area contributed by atoms with E-state index in [9.17, 15) is 4.79 Å². The molecule has 6 rings (SSSR count). The van der Waals surface area contributed by atoms with E-state index >= 15 is 0 Å². The van der Waals surface area contributed by atoms with Crippen LogP contribution in [0.1, 0.15) is 50.0 Å². The summed E-state index contributed by atoms with van der Waals surface area (Å²) in [6.07, 6.45) is 8.82. The molecule has 0 radical (unpaired) electrons. The van der Waals surface area contributed by atoms with Gasteiger partial charge in [-0.05, 0) is 73.6 Å². The number of rotatable bonds is 9. The van der Waals surface area contributed by atoms with Crippen LogP contribution in [0.2, 0.25) is 0 Å². The SMILES string of the molecule is CCC(C)NCCC(=O)Nc1sc2c(c1-c1nc3cc(-c4ccncc4)ccc3s1)CCN(C1CC1)C2. The predicted octanol–water partition coefficient (Wildman–Crippen LogP) is 6.32. The summed E-state index contributed by atoms with van der Waals surface area (Å²) >= 11 is 3.48. The smallest absolute Gasteiger partial charge is 0.226 e. The number of nitrogens with zero attached hydrogens (tertiary/aromatic N) is 3. The molecular formula is C29H33N5OS2. The van der Waals surface area contributed by atoms with E-state index in [1.165, 1.54) is 28.0 Å². The second-order valence-electron chi connectivity index (χ2n) is 10.2. The summed E-state index contributed by atoms with van der Waals surface area (Å²) in [5.74, 6) is 0.0655. The molecule has 4 heterocycles. The zero-order chi connectivity index (χ0) is 25.4. The van der Waals surface area contributed by atoms with Gasteiger partial charge in [0, 0.05) is 61.0 Å².